The number of anilines is 1. The normalized spacial score (nSPS) is 14.5. The predicted octanol–water partition coefficient (Wildman–Crippen LogP) is 3.56. The maximum atomic E-state index is 12.4. The number of hydrogen-bond donors (Lipinski definition) is 1. The number of carbonyl (C=O) groups is 1. The lowest BCUT2D eigenvalue weighted by atomic mass is 10.2. The number of amides is 1. The third-order valence-electron chi connectivity index (χ3n) is 5.70. The van der Waals surface area contributed by atoms with Gasteiger partial charge < -0.3 is 19.7 Å². The summed E-state index contributed by atoms with van der Waals surface area (Å²) in [5, 5.41) is 4.07. The molecule has 1 saturated heterocycles. The van der Waals surface area contributed by atoms with Gasteiger partial charge in [0.15, 0.2) is 5.13 Å². The average Bonchev–Trinajstić information content (AvgIpc) is 3.27. The van der Waals surface area contributed by atoms with Crippen LogP contribution in [0, 0.1) is 6.92 Å². The molecule has 1 aliphatic rings. The molecule has 0 atom stereocenters. The number of rotatable bonds is 8. The molecule has 32 heavy (non-hydrogen) atoms. The minimum atomic E-state index is -0.0505. The molecule has 3 aromatic rings. The number of fused-ring (bicyclic) bond motifs is 1. The number of benzene rings is 2. The second-order valence-electron chi connectivity index (χ2n) is 7.80. The Labute approximate surface area is 192 Å². The highest BCUT2D eigenvalue weighted by Gasteiger charge is 2.21. The first-order valence-electron chi connectivity index (χ1n) is 11.0. The molecule has 1 N–H and O–H groups in total. The van der Waals surface area contributed by atoms with E-state index in [9.17, 15) is 4.79 Å². The quantitative estimate of drug-likeness (QED) is 0.561. The fraction of sp³-hybridized carbons (Fsp3) is 0.417. The fourth-order valence-electron chi connectivity index (χ4n) is 3.86. The summed E-state index contributed by atoms with van der Waals surface area (Å²) < 4.78 is 12.1. The second kappa shape index (κ2) is 10.2. The molecule has 1 amide bonds. The van der Waals surface area contributed by atoms with E-state index in [0.29, 0.717) is 18.7 Å². The van der Waals surface area contributed by atoms with E-state index in [1.807, 2.05) is 25.1 Å². The van der Waals surface area contributed by atoms with Crippen molar-refractivity contribution in [1.29, 1.82) is 0 Å². The maximum absolute atomic E-state index is 12.4. The maximum Gasteiger partial charge on any atom is 0.251 e. The van der Waals surface area contributed by atoms with Crippen molar-refractivity contribution in [2.24, 2.45) is 0 Å². The van der Waals surface area contributed by atoms with Crippen molar-refractivity contribution in [3.63, 3.8) is 0 Å². The summed E-state index contributed by atoms with van der Waals surface area (Å²) in [5.41, 5.74) is 2.83. The monoisotopic (exact) mass is 454 g/mol. The van der Waals surface area contributed by atoms with E-state index in [1.54, 1.807) is 30.6 Å². The number of nitrogens with one attached hydrogen (secondary N) is 1. The summed E-state index contributed by atoms with van der Waals surface area (Å²) in [7, 11) is 1.69. The number of piperazine rings is 1. The molecule has 170 valence electrons. The van der Waals surface area contributed by atoms with Gasteiger partial charge in [-0.3, -0.25) is 9.69 Å². The standard InChI is InChI=1S/C24H30N4O3S/c1-4-31-19-8-6-18(7-9-19)23(29)25-11-12-27-13-15-28(16-14-27)24-26-21-20(30-3)10-5-17(2)22(21)32-24/h5-10H,4,11-16H2,1-3H3,(H,25,29). The third kappa shape index (κ3) is 4.97. The number of aromatic nitrogens is 1. The van der Waals surface area contributed by atoms with Crippen LogP contribution in [0.15, 0.2) is 36.4 Å². The highest BCUT2D eigenvalue weighted by atomic mass is 32.1. The lowest BCUT2D eigenvalue weighted by Gasteiger charge is -2.34. The van der Waals surface area contributed by atoms with Gasteiger partial charge in [0.2, 0.25) is 0 Å². The molecule has 0 radical (unpaired) electrons. The Morgan fingerprint density at radius 3 is 2.56 bits per heavy atom. The van der Waals surface area contributed by atoms with Gasteiger partial charge in [-0.2, -0.15) is 0 Å². The Morgan fingerprint density at radius 2 is 1.88 bits per heavy atom. The number of thiazole rings is 1. The summed E-state index contributed by atoms with van der Waals surface area (Å²) in [4.78, 5) is 22.0. The van der Waals surface area contributed by atoms with Crippen LogP contribution in [0.5, 0.6) is 11.5 Å². The van der Waals surface area contributed by atoms with Crippen LogP contribution in [0.1, 0.15) is 22.8 Å². The van der Waals surface area contributed by atoms with Gasteiger partial charge in [0.25, 0.3) is 5.91 Å². The number of nitrogens with zero attached hydrogens (tertiary/aromatic N) is 3. The molecule has 7 nitrogen and oxygen atoms in total. The van der Waals surface area contributed by atoms with Crippen LogP contribution in [-0.2, 0) is 0 Å². The first-order chi connectivity index (χ1) is 15.6. The van der Waals surface area contributed by atoms with Crippen LogP contribution < -0.4 is 19.7 Å². The smallest absolute Gasteiger partial charge is 0.251 e. The van der Waals surface area contributed by atoms with Crippen LogP contribution in [0.25, 0.3) is 10.2 Å². The van der Waals surface area contributed by atoms with Gasteiger partial charge in [-0.15, -0.1) is 0 Å². The van der Waals surface area contributed by atoms with Crippen LogP contribution in [0.2, 0.25) is 0 Å². The molecular weight excluding hydrogens is 424 g/mol. The van der Waals surface area contributed by atoms with Gasteiger partial charge >= 0.3 is 0 Å². The highest BCUT2D eigenvalue weighted by Crippen LogP contribution is 2.36. The molecule has 8 heteroatoms. The number of carbonyl (C=O) groups excluding carboxylic acids is 1. The summed E-state index contributed by atoms with van der Waals surface area (Å²) in [6.07, 6.45) is 0. The first kappa shape index (κ1) is 22.4. The Morgan fingerprint density at radius 1 is 1.12 bits per heavy atom. The average molecular weight is 455 g/mol. The topological polar surface area (TPSA) is 66.9 Å². The van der Waals surface area contributed by atoms with E-state index in [2.05, 4.69) is 28.1 Å². The van der Waals surface area contributed by atoms with Crippen LogP contribution in [0.4, 0.5) is 5.13 Å². The van der Waals surface area contributed by atoms with Crippen LogP contribution >= 0.6 is 11.3 Å². The largest absolute Gasteiger partial charge is 0.494 e. The fourth-order valence-corrected chi connectivity index (χ4v) is 4.96. The summed E-state index contributed by atoms with van der Waals surface area (Å²) in [6, 6.07) is 11.3. The molecule has 1 aromatic heterocycles. The third-order valence-corrected chi connectivity index (χ3v) is 6.95. The molecular formula is C24H30N4O3S. The van der Waals surface area contributed by atoms with Crippen molar-refractivity contribution in [2.45, 2.75) is 13.8 Å². The summed E-state index contributed by atoms with van der Waals surface area (Å²) in [5.74, 6) is 1.56. The minimum absolute atomic E-state index is 0.0505. The lowest BCUT2D eigenvalue weighted by molar-refractivity contribution is 0.0947. The van der Waals surface area contributed by atoms with Crippen LogP contribution in [0.3, 0.4) is 0 Å². The molecule has 0 spiro atoms. The van der Waals surface area contributed by atoms with Crippen molar-refractivity contribution in [3.8, 4) is 11.5 Å². The molecule has 0 saturated carbocycles. The van der Waals surface area contributed by atoms with Crippen molar-refractivity contribution < 1.29 is 14.3 Å². The Bertz CT molecular complexity index is 1060. The zero-order valence-corrected chi connectivity index (χ0v) is 19.7. The van der Waals surface area contributed by atoms with Gasteiger partial charge in [0.05, 0.1) is 18.4 Å². The molecule has 0 aliphatic carbocycles. The first-order valence-corrected chi connectivity index (χ1v) is 11.8. The van der Waals surface area contributed by atoms with Gasteiger partial charge in [0.1, 0.15) is 17.0 Å². The number of hydrogen-bond acceptors (Lipinski definition) is 7. The molecule has 2 aromatic carbocycles. The zero-order valence-electron chi connectivity index (χ0n) is 18.9. The summed E-state index contributed by atoms with van der Waals surface area (Å²) in [6.45, 7) is 9.89. The van der Waals surface area contributed by atoms with Crippen molar-refractivity contribution in [2.75, 3.05) is 57.9 Å². The Kier molecular flexibility index (Phi) is 7.12. The van der Waals surface area contributed by atoms with Gasteiger partial charge in [-0.1, -0.05) is 17.4 Å². The molecule has 1 aliphatic heterocycles. The number of methoxy groups -OCH3 is 1. The number of aryl methyl sites for hydroxylation is 1. The number of ether oxygens (including phenoxy) is 2. The van der Waals surface area contributed by atoms with E-state index in [1.165, 1.54) is 10.3 Å². The molecule has 1 fully saturated rings. The second-order valence-corrected chi connectivity index (χ2v) is 8.78. The molecule has 0 unspecified atom stereocenters. The lowest BCUT2D eigenvalue weighted by Crippen LogP contribution is -2.48. The predicted molar refractivity (Wildman–Crippen MR) is 130 cm³/mol. The molecule has 4 rings (SSSR count). The van der Waals surface area contributed by atoms with E-state index in [0.717, 1.165) is 54.9 Å². The van der Waals surface area contributed by atoms with E-state index < -0.39 is 0 Å². The van der Waals surface area contributed by atoms with E-state index >= 15 is 0 Å². The minimum Gasteiger partial charge on any atom is -0.494 e. The van der Waals surface area contributed by atoms with Crippen LogP contribution in [-0.4, -0.2) is 68.8 Å². The van der Waals surface area contributed by atoms with Gasteiger partial charge in [-0.25, -0.2) is 4.98 Å². The molecule has 2 heterocycles. The Hall–Kier alpha value is -2.84. The van der Waals surface area contributed by atoms with E-state index in [-0.39, 0.29) is 5.91 Å². The SMILES string of the molecule is CCOc1ccc(C(=O)NCCN2CCN(c3nc4c(OC)ccc(C)c4s3)CC2)cc1. The highest BCUT2D eigenvalue weighted by molar-refractivity contribution is 7.22. The van der Waals surface area contributed by atoms with Gasteiger partial charge in [-0.05, 0) is 49.7 Å². The van der Waals surface area contributed by atoms with Crippen molar-refractivity contribution in [3.05, 3.63) is 47.5 Å². The van der Waals surface area contributed by atoms with Crippen molar-refractivity contribution in [1.82, 2.24) is 15.2 Å². The zero-order chi connectivity index (χ0) is 22.5. The summed E-state index contributed by atoms with van der Waals surface area (Å²) >= 11 is 1.73. The van der Waals surface area contributed by atoms with E-state index in [4.69, 9.17) is 14.5 Å². The van der Waals surface area contributed by atoms with Crippen molar-refractivity contribution >= 4 is 32.6 Å². The molecule has 0 bridgehead atoms. The Balaban J connectivity index is 1.26. The van der Waals surface area contributed by atoms with Gasteiger partial charge in [0, 0.05) is 44.8 Å².